The molecule has 0 atom stereocenters. The van der Waals surface area contributed by atoms with Crippen molar-refractivity contribution in [3.8, 4) is 17.2 Å². The molecule has 0 saturated heterocycles. The first-order chi connectivity index (χ1) is 12.3. The van der Waals surface area contributed by atoms with Gasteiger partial charge in [0.2, 0.25) is 5.91 Å². The normalized spacial score (nSPS) is 11.3. The fraction of sp³-hybridized carbons (Fsp3) is 0.364. The number of aliphatic hydroxyl groups excluding tert-OH is 1. The molecule has 4 nitrogen and oxygen atoms in total. The van der Waals surface area contributed by atoms with Crippen LogP contribution in [-0.2, 0) is 16.8 Å². The zero-order valence-electron chi connectivity index (χ0n) is 15.8. The second kappa shape index (κ2) is 8.16. The van der Waals surface area contributed by atoms with E-state index >= 15 is 0 Å². The maximum Gasteiger partial charge on any atom is 0.230 e. The van der Waals surface area contributed by atoms with Crippen LogP contribution < -0.4 is 5.32 Å². The molecule has 0 aromatic heterocycles. The molecule has 0 saturated carbocycles. The van der Waals surface area contributed by atoms with Gasteiger partial charge in [0.25, 0.3) is 0 Å². The topological polar surface area (TPSA) is 73.1 Å². The summed E-state index contributed by atoms with van der Waals surface area (Å²) >= 11 is 0. The van der Waals surface area contributed by atoms with Gasteiger partial charge in [-0.05, 0) is 42.5 Å². The molecule has 4 heteroatoms. The molecule has 0 unspecified atom stereocenters. The van der Waals surface area contributed by atoms with Gasteiger partial charge in [0.05, 0.1) is 23.7 Å². The zero-order chi connectivity index (χ0) is 19.3. The second-order valence-corrected chi connectivity index (χ2v) is 7.41. The van der Waals surface area contributed by atoms with Gasteiger partial charge in [-0.25, -0.2) is 0 Å². The van der Waals surface area contributed by atoms with Crippen molar-refractivity contribution < 1.29 is 9.90 Å². The Morgan fingerprint density at radius 3 is 2.38 bits per heavy atom. The van der Waals surface area contributed by atoms with Gasteiger partial charge in [0.15, 0.2) is 0 Å². The van der Waals surface area contributed by atoms with Crippen LogP contribution in [0.15, 0.2) is 42.5 Å². The average Bonchev–Trinajstić information content (AvgIpc) is 2.65. The van der Waals surface area contributed by atoms with Gasteiger partial charge in [-0.1, -0.05) is 50.2 Å². The number of benzene rings is 2. The molecule has 0 fully saturated rings. The Kier molecular flexibility index (Phi) is 6.18. The lowest BCUT2D eigenvalue weighted by atomic mass is 9.82. The summed E-state index contributed by atoms with van der Waals surface area (Å²) in [6, 6.07) is 15.3. The average molecular weight is 350 g/mol. The minimum Gasteiger partial charge on any atom is -0.392 e. The van der Waals surface area contributed by atoms with Gasteiger partial charge in [-0.2, -0.15) is 5.26 Å². The highest BCUT2D eigenvalue weighted by molar-refractivity contribution is 5.87. The third-order valence-electron chi connectivity index (χ3n) is 4.61. The molecule has 2 aromatic rings. The van der Waals surface area contributed by atoms with Crippen molar-refractivity contribution in [1.29, 1.82) is 5.26 Å². The number of nitrogens with zero attached hydrogens (tertiary/aromatic N) is 1. The summed E-state index contributed by atoms with van der Waals surface area (Å²) < 4.78 is 0. The molecular weight excluding hydrogens is 324 g/mol. The lowest BCUT2D eigenvalue weighted by molar-refractivity contribution is -0.125. The lowest BCUT2D eigenvalue weighted by Gasteiger charge is -2.25. The minimum atomic E-state index is -0.637. The fourth-order valence-corrected chi connectivity index (χ4v) is 2.85. The Bertz CT molecular complexity index is 815. The molecule has 1 amide bonds. The van der Waals surface area contributed by atoms with E-state index in [1.807, 2.05) is 50.2 Å². The smallest absolute Gasteiger partial charge is 0.230 e. The van der Waals surface area contributed by atoms with E-state index in [4.69, 9.17) is 0 Å². The van der Waals surface area contributed by atoms with Crippen LogP contribution in [0.4, 0.5) is 0 Å². The highest BCUT2D eigenvalue weighted by Gasteiger charge is 2.29. The number of rotatable bonds is 6. The molecule has 0 heterocycles. The van der Waals surface area contributed by atoms with Crippen molar-refractivity contribution in [2.75, 3.05) is 6.54 Å². The van der Waals surface area contributed by atoms with Crippen LogP contribution in [0.5, 0.6) is 0 Å². The molecule has 0 bridgehead atoms. The van der Waals surface area contributed by atoms with Gasteiger partial charge in [-0.15, -0.1) is 0 Å². The van der Waals surface area contributed by atoms with Crippen molar-refractivity contribution >= 4 is 5.91 Å². The number of carbonyl (C=O) groups excluding carboxylic acids is 1. The number of hydrogen-bond acceptors (Lipinski definition) is 3. The largest absolute Gasteiger partial charge is 0.392 e. The van der Waals surface area contributed by atoms with E-state index in [0.29, 0.717) is 23.6 Å². The van der Waals surface area contributed by atoms with Crippen LogP contribution in [-0.4, -0.2) is 17.6 Å². The molecule has 26 heavy (non-hydrogen) atoms. The van der Waals surface area contributed by atoms with Crippen molar-refractivity contribution in [3.05, 3.63) is 59.2 Å². The van der Waals surface area contributed by atoms with Gasteiger partial charge >= 0.3 is 0 Å². The summed E-state index contributed by atoms with van der Waals surface area (Å²) in [7, 11) is 0. The Balaban J connectivity index is 2.32. The SMILES string of the molecule is CC(C)CNC(=O)C(C)(C)c1ccc(-c2cccc(C#N)c2CO)cc1. The third-order valence-corrected chi connectivity index (χ3v) is 4.61. The highest BCUT2D eigenvalue weighted by Crippen LogP contribution is 2.30. The van der Waals surface area contributed by atoms with E-state index < -0.39 is 5.41 Å². The molecule has 0 radical (unpaired) electrons. The lowest BCUT2D eigenvalue weighted by Crippen LogP contribution is -2.41. The number of nitrogens with one attached hydrogen (secondary N) is 1. The summed E-state index contributed by atoms with van der Waals surface area (Å²) in [6.07, 6.45) is 0. The van der Waals surface area contributed by atoms with Crippen molar-refractivity contribution in [3.63, 3.8) is 0 Å². The first-order valence-corrected chi connectivity index (χ1v) is 8.83. The highest BCUT2D eigenvalue weighted by atomic mass is 16.3. The van der Waals surface area contributed by atoms with Crippen LogP contribution in [0.1, 0.15) is 44.4 Å². The number of aliphatic hydroxyl groups is 1. The van der Waals surface area contributed by atoms with Gasteiger partial charge in [0.1, 0.15) is 0 Å². The molecule has 2 aromatic carbocycles. The van der Waals surface area contributed by atoms with Gasteiger partial charge in [-0.3, -0.25) is 4.79 Å². The maximum absolute atomic E-state index is 12.5. The quantitative estimate of drug-likeness (QED) is 0.833. The molecule has 0 aliphatic heterocycles. The van der Waals surface area contributed by atoms with Crippen LogP contribution in [0.3, 0.4) is 0 Å². The van der Waals surface area contributed by atoms with E-state index in [0.717, 1.165) is 16.7 Å². The van der Waals surface area contributed by atoms with Crippen molar-refractivity contribution in [2.45, 2.75) is 39.7 Å². The Hall–Kier alpha value is -2.64. The van der Waals surface area contributed by atoms with Gasteiger partial charge < -0.3 is 10.4 Å². The Labute approximate surface area is 155 Å². The predicted molar refractivity (Wildman–Crippen MR) is 103 cm³/mol. The summed E-state index contributed by atoms with van der Waals surface area (Å²) in [5.41, 5.74) is 3.12. The first-order valence-electron chi connectivity index (χ1n) is 8.83. The predicted octanol–water partition coefficient (Wildman–Crippen LogP) is 3.77. The Morgan fingerprint density at radius 2 is 1.85 bits per heavy atom. The third kappa shape index (κ3) is 4.12. The molecule has 0 spiro atoms. The second-order valence-electron chi connectivity index (χ2n) is 7.41. The summed E-state index contributed by atoms with van der Waals surface area (Å²) in [5.74, 6) is 0.405. The van der Waals surface area contributed by atoms with Crippen molar-refractivity contribution in [2.24, 2.45) is 5.92 Å². The minimum absolute atomic E-state index is 0.00137. The number of nitriles is 1. The van der Waals surface area contributed by atoms with E-state index in [2.05, 4.69) is 25.2 Å². The zero-order valence-corrected chi connectivity index (χ0v) is 15.8. The molecule has 0 aliphatic rings. The Morgan fingerprint density at radius 1 is 1.19 bits per heavy atom. The molecule has 0 aliphatic carbocycles. The van der Waals surface area contributed by atoms with Crippen LogP contribution >= 0.6 is 0 Å². The van der Waals surface area contributed by atoms with Crippen molar-refractivity contribution in [1.82, 2.24) is 5.32 Å². The molecule has 2 N–H and O–H groups in total. The first kappa shape index (κ1) is 19.7. The van der Waals surface area contributed by atoms with Gasteiger partial charge in [0, 0.05) is 12.1 Å². The molecular formula is C22H26N2O2. The van der Waals surface area contributed by atoms with E-state index in [9.17, 15) is 15.2 Å². The molecule has 2 rings (SSSR count). The standard InChI is InChI=1S/C22H26N2O2/c1-15(2)13-24-21(26)22(3,4)18-10-8-16(9-11-18)19-7-5-6-17(12-23)20(19)14-25/h5-11,15,25H,13-14H2,1-4H3,(H,24,26). The van der Waals surface area contributed by atoms with E-state index in [1.54, 1.807) is 6.07 Å². The van der Waals surface area contributed by atoms with E-state index in [-0.39, 0.29) is 12.5 Å². The summed E-state index contributed by atoms with van der Waals surface area (Å²) in [5, 5.41) is 21.9. The van der Waals surface area contributed by atoms with Crippen LogP contribution in [0, 0.1) is 17.2 Å². The maximum atomic E-state index is 12.5. The summed E-state index contributed by atoms with van der Waals surface area (Å²) in [4.78, 5) is 12.5. The summed E-state index contributed by atoms with van der Waals surface area (Å²) in [6.45, 7) is 8.41. The van der Waals surface area contributed by atoms with E-state index in [1.165, 1.54) is 0 Å². The van der Waals surface area contributed by atoms with Crippen LogP contribution in [0.2, 0.25) is 0 Å². The fourth-order valence-electron chi connectivity index (χ4n) is 2.85. The van der Waals surface area contributed by atoms with Crippen LogP contribution in [0.25, 0.3) is 11.1 Å². The number of carbonyl (C=O) groups is 1. The monoisotopic (exact) mass is 350 g/mol. The number of amides is 1. The molecule has 136 valence electrons. The number of hydrogen-bond donors (Lipinski definition) is 2.